The van der Waals surface area contributed by atoms with Crippen LogP contribution in [0.5, 0.6) is 0 Å². The Labute approximate surface area is 82.3 Å². The molecule has 0 unspecified atom stereocenters. The van der Waals surface area contributed by atoms with Gasteiger partial charge in [0.05, 0.1) is 12.9 Å². The topological polar surface area (TPSA) is 82.3 Å². The minimum atomic E-state index is -3.33. The Kier molecular flexibility index (Phi) is 3.59. The molecule has 0 spiro atoms. The number of hydrogen-bond donors (Lipinski definition) is 0. The zero-order valence-corrected chi connectivity index (χ0v) is 8.87. The predicted octanol–water partition coefficient (Wildman–Crippen LogP) is 0.287. The normalized spacial score (nSPS) is 11.9. The summed E-state index contributed by atoms with van der Waals surface area (Å²) in [5, 5.41) is 7.26. The molecule has 0 amide bonds. The summed E-state index contributed by atoms with van der Waals surface area (Å²) in [6, 6.07) is 0. The van der Waals surface area contributed by atoms with Gasteiger partial charge in [-0.15, -0.1) is 0 Å². The molecule has 1 aromatic heterocycles. The molecular formula is C7H12N2O4S. The second-order valence-electron chi connectivity index (χ2n) is 2.93. The van der Waals surface area contributed by atoms with E-state index in [4.69, 9.17) is 0 Å². The zero-order chi connectivity index (χ0) is 10.6. The maximum atomic E-state index is 10.6. The van der Waals surface area contributed by atoms with Crippen molar-refractivity contribution in [2.24, 2.45) is 0 Å². The molecule has 0 bridgehead atoms. The summed E-state index contributed by atoms with van der Waals surface area (Å²) in [4.78, 5) is 0. The van der Waals surface area contributed by atoms with Gasteiger partial charge in [-0.25, -0.2) is 4.63 Å². The average Bonchev–Trinajstić information content (AvgIpc) is 2.44. The quantitative estimate of drug-likeness (QED) is 0.524. The Morgan fingerprint density at radius 2 is 2.14 bits per heavy atom. The van der Waals surface area contributed by atoms with Gasteiger partial charge in [-0.1, -0.05) is 10.3 Å². The maximum absolute atomic E-state index is 10.6. The molecule has 1 rings (SSSR count). The second kappa shape index (κ2) is 4.52. The first-order valence-corrected chi connectivity index (χ1v) is 5.93. The second-order valence-corrected chi connectivity index (χ2v) is 4.57. The largest absolute Gasteiger partial charge is 0.270 e. The number of aryl methyl sites for hydroxylation is 2. The summed E-state index contributed by atoms with van der Waals surface area (Å²) < 4.78 is 30.2. The first-order valence-electron chi connectivity index (χ1n) is 4.11. The molecule has 1 heterocycles. The van der Waals surface area contributed by atoms with Gasteiger partial charge in [0, 0.05) is 0 Å². The van der Waals surface area contributed by atoms with Gasteiger partial charge in [-0.3, -0.25) is 4.18 Å². The molecule has 0 atom stereocenters. The minimum absolute atomic E-state index is 0.158. The van der Waals surface area contributed by atoms with Gasteiger partial charge in [-0.05, 0) is 19.8 Å². The Morgan fingerprint density at radius 3 is 2.64 bits per heavy atom. The van der Waals surface area contributed by atoms with Crippen LogP contribution in [0.25, 0.3) is 0 Å². The lowest BCUT2D eigenvalue weighted by atomic mass is 10.2. The van der Waals surface area contributed by atoms with Crippen molar-refractivity contribution in [1.29, 1.82) is 0 Å². The van der Waals surface area contributed by atoms with Crippen LogP contribution in [0.4, 0.5) is 0 Å². The van der Waals surface area contributed by atoms with Crippen LogP contribution < -0.4 is 0 Å². The van der Waals surface area contributed by atoms with E-state index in [1.165, 1.54) is 0 Å². The lowest BCUT2D eigenvalue weighted by Gasteiger charge is -1.98. The smallest absolute Gasteiger partial charge is 0.264 e. The molecule has 6 nitrogen and oxygen atoms in total. The van der Waals surface area contributed by atoms with E-state index in [0.717, 1.165) is 17.6 Å². The first-order chi connectivity index (χ1) is 6.49. The first kappa shape index (κ1) is 11.1. The van der Waals surface area contributed by atoms with Gasteiger partial charge in [0.2, 0.25) is 0 Å². The van der Waals surface area contributed by atoms with Crippen molar-refractivity contribution in [1.82, 2.24) is 10.3 Å². The van der Waals surface area contributed by atoms with E-state index in [9.17, 15) is 8.42 Å². The highest BCUT2D eigenvalue weighted by Gasteiger charge is 2.06. The van der Waals surface area contributed by atoms with E-state index in [0.29, 0.717) is 12.8 Å². The van der Waals surface area contributed by atoms with E-state index < -0.39 is 10.1 Å². The molecule has 0 aliphatic heterocycles. The standard InChI is InChI=1S/C7H12N2O4S/c1-6-7(9-13-8-6)4-3-5-12-14(2,10)11/h3-5H2,1-2H3. The highest BCUT2D eigenvalue weighted by molar-refractivity contribution is 7.85. The Morgan fingerprint density at radius 1 is 1.43 bits per heavy atom. The molecule has 0 fully saturated rings. The molecule has 0 aromatic carbocycles. The van der Waals surface area contributed by atoms with Gasteiger partial charge in [0.25, 0.3) is 10.1 Å². The van der Waals surface area contributed by atoms with Gasteiger partial charge >= 0.3 is 0 Å². The number of aromatic nitrogens is 2. The van der Waals surface area contributed by atoms with Crippen LogP contribution in [0.15, 0.2) is 4.63 Å². The van der Waals surface area contributed by atoms with Crippen molar-refractivity contribution in [3.63, 3.8) is 0 Å². The van der Waals surface area contributed by atoms with Crippen LogP contribution >= 0.6 is 0 Å². The molecule has 0 aliphatic carbocycles. The fourth-order valence-corrected chi connectivity index (χ4v) is 1.35. The third kappa shape index (κ3) is 3.84. The van der Waals surface area contributed by atoms with Gasteiger partial charge in [0.1, 0.15) is 11.4 Å². The fourth-order valence-electron chi connectivity index (χ4n) is 0.926. The molecule has 14 heavy (non-hydrogen) atoms. The Balaban J connectivity index is 2.26. The van der Waals surface area contributed by atoms with Crippen LogP contribution in [0.2, 0.25) is 0 Å². The average molecular weight is 220 g/mol. The molecule has 0 N–H and O–H groups in total. The van der Waals surface area contributed by atoms with Gasteiger partial charge < -0.3 is 0 Å². The van der Waals surface area contributed by atoms with Crippen LogP contribution in [0, 0.1) is 6.92 Å². The van der Waals surface area contributed by atoms with Crippen molar-refractivity contribution >= 4 is 10.1 Å². The molecule has 1 aromatic rings. The molecule has 0 saturated heterocycles. The number of nitrogens with zero attached hydrogens (tertiary/aromatic N) is 2. The van der Waals surface area contributed by atoms with Gasteiger partial charge in [0.15, 0.2) is 0 Å². The summed E-state index contributed by atoms with van der Waals surface area (Å²) in [5.41, 5.74) is 1.46. The van der Waals surface area contributed by atoms with E-state index in [1.807, 2.05) is 0 Å². The number of rotatable bonds is 5. The van der Waals surface area contributed by atoms with E-state index in [2.05, 4.69) is 19.1 Å². The van der Waals surface area contributed by atoms with Crippen molar-refractivity contribution in [3.05, 3.63) is 11.4 Å². The monoisotopic (exact) mass is 220 g/mol. The summed E-state index contributed by atoms with van der Waals surface area (Å²) in [5.74, 6) is 0. The highest BCUT2D eigenvalue weighted by atomic mass is 32.2. The molecule has 7 heteroatoms. The predicted molar refractivity (Wildman–Crippen MR) is 48.2 cm³/mol. The van der Waals surface area contributed by atoms with Crippen LogP contribution in [0.3, 0.4) is 0 Å². The fraction of sp³-hybridized carbons (Fsp3) is 0.714. The van der Waals surface area contributed by atoms with Crippen molar-refractivity contribution < 1.29 is 17.2 Å². The van der Waals surface area contributed by atoms with Crippen molar-refractivity contribution in [3.8, 4) is 0 Å². The molecule has 0 radical (unpaired) electrons. The van der Waals surface area contributed by atoms with Crippen LogP contribution in [-0.2, 0) is 20.7 Å². The minimum Gasteiger partial charge on any atom is -0.270 e. The Hall–Kier alpha value is -0.950. The molecular weight excluding hydrogens is 208 g/mol. The molecule has 0 saturated carbocycles. The zero-order valence-electron chi connectivity index (χ0n) is 8.06. The molecule has 80 valence electrons. The summed E-state index contributed by atoms with van der Waals surface area (Å²) in [6.45, 7) is 1.94. The van der Waals surface area contributed by atoms with E-state index >= 15 is 0 Å². The van der Waals surface area contributed by atoms with Crippen molar-refractivity contribution in [2.75, 3.05) is 12.9 Å². The van der Waals surface area contributed by atoms with Crippen LogP contribution in [0.1, 0.15) is 17.8 Å². The van der Waals surface area contributed by atoms with E-state index in [1.54, 1.807) is 6.92 Å². The third-order valence-electron chi connectivity index (χ3n) is 1.60. The molecule has 0 aliphatic rings. The van der Waals surface area contributed by atoms with E-state index in [-0.39, 0.29) is 6.61 Å². The maximum Gasteiger partial charge on any atom is 0.264 e. The van der Waals surface area contributed by atoms with Crippen LogP contribution in [-0.4, -0.2) is 31.6 Å². The lowest BCUT2D eigenvalue weighted by Crippen LogP contribution is -2.05. The Bertz CT molecular complexity index is 384. The summed E-state index contributed by atoms with van der Waals surface area (Å²) in [7, 11) is -3.33. The summed E-state index contributed by atoms with van der Waals surface area (Å²) >= 11 is 0. The highest BCUT2D eigenvalue weighted by Crippen LogP contribution is 2.04. The summed E-state index contributed by atoms with van der Waals surface area (Å²) in [6.07, 6.45) is 2.20. The van der Waals surface area contributed by atoms with Crippen molar-refractivity contribution in [2.45, 2.75) is 19.8 Å². The van der Waals surface area contributed by atoms with Gasteiger partial charge in [-0.2, -0.15) is 8.42 Å². The third-order valence-corrected chi connectivity index (χ3v) is 2.20. The SMILES string of the molecule is Cc1nonc1CCCOS(C)(=O)=O. The lowest BCUT2D eigenvalue weighted by molar-refractivity contribution is 0.296. The number of hydrogen-bond acceptors (Lipinski definition) is 6.